The molecule has 0 bridgehead atoms. The van der Waals surface area contributed by atoms with Gasteiger partial charge in [0.25, 0.3) is 0 Å². The maximum Gasteiger partial charge on any atom is 0.329 e. The largest absolute Gasteiger partial charge is 0.488 e. The molecule has 5 aliphatic rings. The number of anilines is 1. The van der Waals surface area contributed by atoms with Crippen molar-refractivity contribution >= 4 is 52.1 Å². The van der Waals surface area contributed by atoms with Crippen LogP contribution in [0.1, 0.15) is 104 Å². The molecule has 1 aromatic heterocycles. The van der Waals surface area contributed by atoms with Gasteiger partial charge in [0, 0.05) is 98.8 Å². The Kier molecular flexibility index (Phi) is 14.7. The number of primary amides is 1. The highest BCUT2D eigenvalue weighted by Gasteiger charge is 2.50. The van der Waals surface area contributed by atoms with Crippen LogP contribution < -0.4 is 30.7 Å². The molecule has 0 radical (unpaired) electrons. The van der Waals surface area contributed by atoms with E-state index >= 15 is 8.78 Å². The van der Waals surface area contributed by atoms with Crippen LogP contribution in [-0.4, -0.2) is 108 Å². The van der Waals surface area contributed by atoms with Gasteiger partial charge in [-0.3, -0.25) is 29.3 Å². The van der Waals surface area contributed by atoms with E-state index in [0.29, 0.717) is 35.7 Å². The molecule has 18 heteroatoms. The number of aryl methyl sites for hydroxylation is 1. The highest BCUT2D eigenvalue weighted by atomic mass is 35.5. The number of piperidine rings is 2. The summed E-state index contributed by atoms with van der Waals surface area (Å²) in [7, 11) is 1.89. The summed E-state index contributed by atoms with van der Waals surface area (Å²) in [5.41, 5.74) is 7.39. The number of urea groups is 1. The van der Waals surface area contributed by atoms with Crippen molar-refractivity contribution in [2.45, 2.75) is 88.7 Å². The number of carbonyl (C=O) groups is 4. The minimum absolute atomic E-state index is 0.0581. The Morgan fingerprint density at radius 1 is 0.946 bits per heavy atom. The fourth-order valence-corrected chi connectivity index (χ4v) is 12.9. The summed E-state index contributed by atoms with van der Waals surface area (Å²) in [5.74, 6) is -1.79. The Morgan fingerprint density at radius 3 is 2.41 bits per heavy atom. The molecule has 4 atom stereocenters. The lowest BCUT2D eigenvalue weighted by Gasteiger charge is -2.41. The maximum atomic E-state index is 16.5. The highest BCUT2D eigenvalue weighted by Crippen LogP contribution is 2.56. The van der Waals surface area contributed by atoms with Crippen molar-refractivity contribution in [1.29, 1.82) is 0 Å². The molecule has 4 N–H and O–H groups in total. The standard InChI is InChI=1S/C56H64ClF3N8O6/c1-32-29-66(22-19-39(32)36-11-14-40-43(27-36)65(3)64-53(40)68-25-20-46(69)63-55(68)72)30-34-17-23-67(24-18-34)54(71)35-9-12-38(13-10-35)62-31-56(37-7-5-4-6-8-37)33(2)47-45(74-56)28-42(59)50(57)49(47)48-41(52(61)70)15-16-44(51(48)60)73-26-21-58/h4-8,11,14-16,27-28,32-35,38-39,62H,9-10,12-13,17-26,29-31H2,1-3H3,(H2,61,70)(H,63,69,72). The SMILES string of the molecule is CC1CN(CC2CCN(C(=O)C3CCC(NCC4(c5ccccc5)Oc5cc(F)c(Cl)c(-c6c(C(N)=O)ccc(OCCF)c6F)c5C4C)CC3)CC2)CCC1c1ccc2c(N3CCC(=O)NC3=O)nn(C)c2c1. The lowest BCUT2D eigenvalue weighted by atomic mass is 9.77. The van der Waals surface area contributed by atoms with Gasteiger partial charge in [-0.1, -0.05) is 61.8 Å². The van der Waals surface area contributed by atoms with E-state index in [0.717, 1.165) is 94.1 Å². The van der Waals surface area contributed by atoms with Crippen LogP contribution in [0.5, 0.6) is 11.5 Å². The number of halogens is 4. The number of alkyl halides is 1. The Morgan fingerprint density at radius 2 is 1.70 bits per heavy atom. The maximum absolute atomic E-state index is 16.5. The molecule has 5 heterocycles. The fraction of sp³-hybridized carbons (Fsp3) is 0.482. The first kappa shape index (κ1) is 51.3. The number of benzene rings is 4. The van der Waals surface area contributed by atoms with E-state index < -0.39 is 53.4 Å². The van der Waals surface area contributed by atoms with E-state index in [2.05, 4.69) is 50.7 Å². The molecule has 14 nitrogen and oxygen atoms in total. The number of rotatable bonds is 14. The summed E-state index contributed by atoms with van der Waals surface area (Å²) in [6.45, 7) is 8.06. The van der Waals surface area contributed by atoms with Crippen LogP contribution in [0.3, 0.4) is 0 Å². The van der Waals surface area contributed by atoms with Gasteiger partial charge in [0.1, 0.15) is 24.8 Å². The lowest BCUT2D eigenvalue weighted by molar-refractivity contribution is -0.138. The van der Waals surface area contributed by atoms with Gasteiger partial charge in [0.05, 0.1) is 16.1 Å². The number of fused-ring (bicyclic) bond motifs is 2. The summed E-state index contributed by atoms with van der Waals surface area (Å²) >= 11 is 6.71. The monoisotopic (exact) mass is 1040 g/mol. The molecule has 4 fully saturated rings. The van der Waals surface area contributed by atoms with Crippen molar-refractivity contribution in [3.8, 4) is 22.6 Å². The van der Waals surface area contributed by atoms with Gasteiger partial charge < -0.3 is 30.3 Å². The lowest BCUT2D eigenvalue weighted by Crippen LogP contribution is -2.49. The first-order chi connectivity index (χ1) is 35.6. The van der Waals surface area contributed by atoms with E-state index in [4.69, 9.17) is 26.8 Å². The van der Waals surface area contributed by atoms with Crippen LogP contribution in [0.15, 0.2) is 66.7 Å². The van der Waals surface area contributed by atoms with E-state index in [1.165, 1.54) is 23.8 Å². The van der Waals surface area contributed by atoms with Crippen LogP contribution in [0, 0.1) is 29.4 Å². The Bertz CT molecular complexity index is 2960. The van der Waals surface area contributed by atoms with Crippen LogP contribution in [0.2, 0.25) is 5.02 Å². The van der Waals surface area contributed by atoms with E-state index in [-0.39, 0.29) is 64.9 Å². The summed E-state index contributed by atoms with van der Waals surface area (Å²) < 4.78 is 59.4. The van der Waals surface area contributed by atoms with Crippen molar-refractivity contribution in [3.05, 3.63) is 106 Å². The number of nitrogens with two attached hydrogens (primary N) is 1. The zero-order chi connectivity index (χ0) is 52.0. The van der Waals surface area contributed by atoms with Crippen LogP contribution in [0.25, 0.3) is 22.0 Å². The third-order valence-corrected chi connectivity index (χ3v) is 17.0. The Hall–Kier alpha value is -6.17. The predicted molar refractivity (Wildman–Crippen MR) is 276 cm³/mol. The summed E-state index contributed by atoms with van der Waals surface area (Å²) in [6, 6.07) is 19.2. The number of likely N-dealkylation sites (tertiary alicyclic amines) is 2. The third-order valence-electron chi connectivity index (χ3n) is 16.6. The number of hydrogen-bond donors (Lipinski definition) is 3. The smallest absolute Gasteiger partial charge is 0.329 e. The second-order valence-corrected chi connectivity index (χ2v) is 21.4. The summed E-state index contributed by atoms with van der Waals surface area (Å²) in [4.78, 5) is 57.4. The quantitative estimate of drug-likeness (QED) is 0.0985. The Labute approximate surface area is 434 Å². The number of ether oxygens (including phenoxy) is 2. The molecule has 4 unspecified atom stereocenters. The molecule has 1 saturated carbocycles. The first-order valence-corrected chi connectivity index (χ1v) is 26.4. The molecular formula is C56H64ClF3N8O6. The zero-order valence-corrected chi connectivity index (χ0v) is 42.9. The number of nitrogens with one attached hydrogen (secondary N) is 2. The topological polar surface area (TPSA) is 164 Å². The van der Waals surface area contributed by atoms with Crippen molar-refractivity contribution in [1.82, 2.24) is 30.2 Å². The normalized spacial score (nSPS) is 24.7. The number of nitrogens with zero attached hydrogens (tertiary/aromatic N) is 5. The Balaban J connectivity index is 0.737. The molecule has 5 aromatic rings. The number of aromatic nitrogens is 2. The van der Waals surface area contributed by atoms with Gasteiger partial charge in [-0.15, -0.1) is 0 Å². The summed E-state index contributed by atoms with van der Waals surface area (Å²) in [6.07, 6.45) is 6.28. The third kappa shape index (κ3) is 9.71. The van der Waals surface area contributed by atoms with Crippen LogP contribution in [-0.2, 0) is 22.2 Å². The molecule has 4 aliphatic heterocycles. The van der Waals surface area contributed by atoms with E-state index in [1.807, 2.05) is 49.0 Å². The van der Waals surface area contributed by atoms with Crippen LogP contribution in [0.4, 0.5) is 23.8 Å². The van der Waals surface area contributed by atoms with Crippen molar-refractivity contribution in [3.63, 3.8) is 0 Å². The minimum atomic E-state index is -1.12. The van der Waals surface area contributed by atoms with Gasteiger partial charge in [-0.25, -0.2) is 18.0 Å². The van der Waals surface area contributed by atoms with Crippen LogP contribution >= 0.6 is 11.6 Å². The molecule has 392 valence electrons. The second kappa shape index (κ2) is 21.2. The highest BCUT2D eigenvalue weighted by molar-refractivity contribution is 6.34. The molecule has 5 amide bonds. The molecule has 0 spiro atoms. The van der Waals surface area contributed by atoms with Crippen molar-refractivity contribution < 1.29 is 41.8 Å². The molecule has 3 saturated heterocycles. The molecule has 4 aromatic carbocycles. The minimum Gasteiger partial charge on any atom is -0.488 e. The second-order valence-electron chi connectivity index (χ2n) is 21.0. The van der Waals surface area contributed by atoms with E-state index in [1.54, 1.807) is 4.90 Å². The van der Waals surface area contributed by atoms with Gasteiger partial charge in [0.2, 0.25) is 17.7 Å². The van der Waals surface area contributed by atoms with Gasteiger partial charge in [-0.2, -0.15) is 5.10 Å². The zero-order valence-electron chi connectivity index (χ0n) is 42.1. The van der Waals surface area contributed by atoms with Crippen molar-refractivity contribution in [2.24, 2.45) is 30.5 Å². The number of hydrogen-bond acceptors (Lipinski definition) is 9. The van der Waals surface area contributed by atoms with E-state index in [9.17, 15) is 23.6 Å². The number of carbonyl (C=O) groups excluding carboxylic acids is 4. The van der Waals surface area contributed by atoms with Crippen molar-refractivity contribution in [2.75, 3.05) is 64.0 Å². The predicted octanol–water partition coefficient (Wildman–Crippen LogP) is 8.97. The van der Waals surface area contributed by atoms with Gasteiger partial charge >= 0.3 is 6.03 Å². The molecule has 10 rings (SSSR count). The van der Waals surface area contributed by atoms with Gasteiger partial charge in [0.15, 0.2) is 23.0 Å². The fourth-order valence-electron chi connectivity index (χ4n) is 12.6. The van der Waals surface area contributed by atoms with Gasteiger partial charge in [-0.05, 0) is 105 Å². The molecule has 74 heavy (non-hydrogen) atoms. The number of amides is 5. The molecular weight excluding hydrogens is 973 g/mol. The summed E-state index contributed by atoms with van der Waals surface area (Å²) in [5, 5.41) is 11.3. The average Bonchev–Trinajstić information content (AvgIpc) is 3.87. The molecule has 1 aliphatic carbocycles. The number of imide groups is 1. The average molecular weight is 1040 g/mol. The first-order valence-electron chi connectivity index (χ1n) is 26.1.